The molecule has 3 aliphatic rings. The van der Waals surface area contributed by atoms with Crippen LogP contribution in [0.4, 0.5) is 0 Å². The number of fused-ring (bicyclic) bond motifs is 3. The van der Waals surface area contributed by atoms with E-state index >= 15 is 0 Å². The van der Waals surface area contributed by atoms with Gasteiger partial charge >= 0.3 is 0 Å². The lowest BCUT2D eigenvalue weighted by Crippen LogP contribution is -2.39. The smallest absolute Gasteiger partial charge is 0.235 e. The van der Waals surface area contributed by atoms with E-state index in [-0.39, 0.29) is 48.7 Å². The van der Waals surface area contributed by atoms with Crippen molar-refractivity contribution in [3.63, 3.8) is 0 Å². The molecule has 3 fully saturated rings. The summed E-state index contributed by atoms with van der Waals surface area (Å²) in [5.74, 6) is -1.18. The van der Waals surface area contributed by atoms with E-state index in [4.69, 9.17) is 11.1 Å². The maximum absolute atomic E-state index is 13.4. The van der Waals surface area contributed by atoms with Gasteiger partial charge in [0.1, 0.15) is 5.84 Å². The van der Waals surface area contributed by atoms with Crippen molar-refractivity contribution in [1.82, 2.24) is 9.80 Å². The summed E-state index contributed by atoms with van der Waals surface area (Å²) in [6.45, 7) is 0.729. The molecule has 2 aromatic rings. The van der Waals surface area contributed by atoms with Crippen LogP contribution in [0.5, 0.6) is 0 Å². The van der Waals surface area contributed by atoms with Crippen LogP contribution in [-0.2, 0) is 16.1 Å². The number of carbonyl (C=O) groups excluding carboxylic acids is 2. The number of amidine groups is 1. The van der Waals surface area contributed by atoms with Crippen molar-refractivity contribution in [2.24, 2.45) is 17.6 Å². The molecule has 0 aromatic heterocycles. The third-order valence-corrected chi connectivity index (χ3v) is 6.71. The molecule has 0 radical (unpaired) electrons. The zero-order valence-corrected chi connectivity index (χ0v) is 17.7. The Bertz CT molecular complexity index is 1010. The standard InChI is InChI=1S/C23H24N4O3.ClH/c24-21(25)15-8-6-14(7-9-15)20-19-18(17-10-16(28)12-26(17)20)22(29)27(23(19)30)11-13-4-2-1-3-5-13;/h1-9,16-20,28H,10-12H2,(H3,24,25);1H/t16-,17+,18-,19-,20+;/m1./s1. The molecular formula is C23H25ClN4O3. The molecule has 2 aromatic carbocycles. The first-order valence-electron chi connectivity index (χ1n) is 10.2. The highest BCUT2D eigenvalue weighted by Crippen LogP contribution is 2.53. The van der Waals surface area contributed by atoms with Crippen LogP contribution in [0.1, 0.15) is 29.2 Å². The molecule has 0 bridgehead atoms. The molecule has 5 rings (SSSR count). The van der Waals surface area contributed by atoms with Gasteiger partial charge in [0, 0.05) is 24.2 Å². The molecule has 5 atom stereocenters. The second-order valence-corrected chi connectivity index (χ2v) is 8.43. The van der Waals surface area contributed by atoms with Gasteiger partial charge in [0.15, 0.2) is 0 Å². The minimum atomic E-state index is -0.499. The van der Waals surface area contributed by atoms with Crippen molar-refractivity contribution >= 4 is 30.1 Å². The number of carbonyl (C=O) groups is 2. The van der Waals surface area contributed by atoms with Crippen molar-refractivity contribution in [2.45, 2.75) is 31.2 Å². The number of halogens is 1. The van der Waals surface area contributed by atoms with Crippen molar-refractivity contribution < 1.29 is 14.7 Å². The Kier molecular flexibility index (Phi) is 5.60. The molecular weight excluding hydrogens is 416 g/mol. The lowest BCUT2D eigenvalue weighted by molar-refractivity contribution is -0.142. The van der Waals surface area contributed by atoms with Crippen molar-refractivity contribution in [2.75, 3.05) is 6.54 Å². The Balaban J connectivity index is 0.00000231. The minimum Gasteiger partial charge on any atom is -0.392 e. The predicted molar refractivity (Wildman–Crippen MR) is 118 cm³/mol. The lowest BCUT2D eigenvalue weighted by Gasteiger charge is -2.29. The van der Waals surface area contributed by atoms with Crippen LogP contribution >= 0.6 is 12.4 Å². The highest BCUT2D eigenvalue weighted by Gasteiger charge is 2.63. The summed E-state index contributed by atoms with van der Waals surface area (Å²) >= 11 is 0. The first-order chi connectivity index (χ1) is 14.5. The molecule has 0 spiro atoms. The third-order valence-electron chi connectivity index (χ3n) is 6.71. The van der Waals surface area contributed by atoms with Gasteiger partial charge < -0.3 is 10.8 Å². The first kappa shape index (κ1) is 21.5. The monoisotopic (exact) mass is 440 g/mol. The number of rotatable bonds is 4. The van der Waals surface area contributed by atoms with Gasteiger partial charge in [-0.2, -0.15) is 0 Å². The number of benzene rings is 2. The molecule has 162 valence electrons. The number of amides is 2. The van der Waals surface area contributed by atoms with Crippen LogP contribution in [0.25, 0.3) is 0 Å². The molecule has 3 saturated heterocycles. The van der Waals surface area contributed by atoms with Crippen LogP contribution in [0.2, 0.25) is 0 Å². The summed E-state index contributed by atoms with van der Waals surface area (Å²) < 4.78 is 0. The van der Waals surface area contributed by atoms with Crippen LogP contribution in [0.15, 0.2) is 54.6 Å². The molecule has 8 heteroatoms. The number of nitrogens with one attached hydrogen (secondary N) is 1. The lowest BCUT2D eigenvalue weighted by atomic mass is 9.85. The topological polar surface area (TPSA) is 111 Å². The summed E-state index contributed by atoms with van der Waals surface area (Å²) in [6, 6.07) is 16.4. The average molecular weight is 441 g/mol. The zero-order valence-electron chi connectivity index (χ0n) is 16.8. The average Bonchev–Trinajstić information content (AvgIpc) is 3.33. The van der Waals surface area contributed by atoms with Crippen LogP contribution in [0, 0.1) is 17.2 Å². The van der Waals surface area contributed by atoms with Gasteiger partial charge in [-0.3, -0.25) is 24.8 Å². The van der Waals surface area contributed by atoms with E-state index in [0.29, 0.717) is 18.5 Å². The summed E-state index contributed by atoms with van der Waals surface area (Å²) in [5, 5.41) is 17.9. The van der Waals surface area contributed by atoms with Gasteiger partial charge in [-0.1, -0.05) is 54.6 Å². The Morgan fingerprint density at radius 1 is 1.03 bits per heavy atom. The Morgan fingerprint density at radius 3 is 2.32 bits per heavy atom. The normalized spacial score (nSPS) is 29.6. The molecule has 7 nitrogen and oxygen atoms in total. The van der Waals surface area contributed by atoms with Gasteiger partial charge in [0.05, 0.1) is 24.5 Å². The molecule has 3 aliphatic heterocycles. The fourth-order valence-corrected chi connectivity index (χ4v) is 5.44. The predicted octanol–water partition coefficient (Wildman–Crippen LogP) is 1.68. The van der Waals surface area contributed by atoms with E-state index in [1.807, 2.05) is 42.5 Å². The summed E-state index contributed by atoms with van der Waals surface area (Å²) in [5.41, 5.74) is 8.02. The second kappa shape index (κ2) is 8.07. The fourth-order valence-electron chi connectivity index (χ4n) is 5.44. The SMILES string of the molecule is Cl.N=C(N)c1ccc([C@H]2[C@@H]3C(=O)N(Cc4ccccc4)C(=O)[C@@H]3[C@@H]3C[C@@H](O)CN32)cc1. The Hall–Kier alpha value is -2.74. The van der Waals surface area contributed by atoms with E-state index < -0.39 is 17.9 Å². The zero-order chi connectivity index (χ0) is 21.0. The van der Waals surface area contributed by atoms with Gasteiger partial charge in [0.2, 0.25) is 11.8 Å². The van der Waals surface area contributed by atoms with E-state index in [0.717, 1.165) is 11.1 Å². The summed E-state index contributed by atoms with van der Waals surface area (Å²) in [7, 11) is 0. The van der Waals surface area contributed by atoms with E-state index in [2.05, 4.69) is 4.90 Å². The Labute approximate surface area is 186 Å². The highest BCUT2D eigenvalue weighted by atomic mass is 35.5. The van der Waals surface area contributed by atoms with E-state index in [1.54, 1.807) is 12.1 Å². The van der Waals surface area contributed by atoms with Crippen molar-refractivity contribution in [3.8, 4) is 0 Å². The molecule has 0 unspecified atom stereocenters. The number of nitrogen functional groups attached to an aromatic ring is 1. The quantitative estimate of drug-likeness (QED) is 0.380. The van der Waals surface area contributed by atoms with Crippen LogP contribution in [-0.4, -0.2) is 51.2 Å². The van der Waals surface area contributed by atoms with E-state index in [1.165, 1.54) is 4.90 Å². The molecule has 4 N–H and O–H groups in total. The van der Waals surface area contributed by atoms with E-state index in [9.17, 15) is 14.7 Å². The fraction of sp³-hybridized carbons (Fsp3) is 0.348. The van der Waals surface area contributed by atoms with Gasteiger partial charge in [-0.05, 0) is 17.5 Å². The minimum absolute atomic E-state index is 0. The number of nitrogens with two attached hydrogens (primary N) is 1. The number of aliphatic hydroxyl groups excluding tert-OH is 1. The molecule has 3 heterocycles. The summed E-state index contributed by atoms with van der Waals surface area (Å²) in [6.07, 6.45) is 0.00232. The van der Waals surface area contributed by atoms with Crippen LogP contribution in [0.3, 0.4) is 0 Å². The largest absolute Gasteiger partial charge is 0.392 e. The van der Waals surface area contributed by atoms with Gasteiger partial charge in [0.25, 0.3) is 0 Å². The highest BCUT2D eigenvalue weighted by molar-refractivity contribution is 6.06. The van der Waals surface area contributed by atoms with Gasteiger partial charge in [-0.15, -0.1) is 12.4 Å². The first-order valence-corrected chi connectivity index (χ1v) is 10.2. The molecule has 31 heavy (non-hydrogen) atoms. The molecule has 0 saturated carbocycles. The number of nitrogens with zero attached hydrogens (tertiary/aromatic N) is 2. The Morgan fingerprint density at radius 2 is 1.68 bits per heavy atom. The number of aliphatic hydroxyl groups is 1. The number of imide groups is 1. The summed E-state index contributed by atoms with van der Waals surface area (Å²) in [4.78, 5) is 30.3. The van der Waals surface area contributed by atoms with Crippen molar-refractivity contribution in [3.05, 3.63) is 71.3 Å². The molecule has 2 amide bonds. The number of hydrogen-bond acceptors (Lipinski definition) is 5. The van der Waals surface area contributed by atoms with Crippen molar-refractivity contribution in [1.29, 1.82) is 5.41 Å². The maximum atomic E-state index is 13.4. The maximum Gasteiger partial charge on any atom is 0.235 e. The number of likely N-dealkylation sites (tertiary alicyclic amines) is 1. The van der Waals surface area contributed by atoms with Gasteiger partial charge in [-0.25, -0.2) is 0 Å². The third kappa shape index (κ3) is 3.43. The molecule has 0 aliphatic carbocycles. The number of hydrogen-bond donors (Lipinski definition) is 3. The van der Waals surface area contributed by atoms with Crippen LogP contribution < -0.4 is 5.73 Å². The second-order valence-electron chi connectivity index (χ2n) is 8.43.